The summed E-state index contributed by atoms with van der Waals surface area (Å²) in [6, 6.07) is 6.50. The van der Waals surface area contributed by atoms with Crippen LogP contribution in [-0.4, -0.2) is 11.4 Å². The fourth-order valence-electron chi connectivity index (χ4n) is 0.794. The molecule has 0 saturated heterocycles. The summed E-state index contributed by atoms with van der Waals surface area (Å²) in [5.74, 6) is 0.0552. The second-order valence-electron chi connectivity index (χ2n) is 2.10. The first kappa shape index (κ1) is 8.08. The Morgan fingerprint density at radius 3 is 2.64 bits per heavy atom. The molecule has 1 N–H and O–H groups in total. The Kier molecular flexibility index (Phi) is 2.49. The van der Waals surface area contributed by atoms with Crippen LogP contribution in [0, 0.1) is 0 Å². The van der Waals surface area contributed by atoms with Gasteiger partial charge < -0.3 is 9.90 Å². The van der Waals surface area contributed by atoms with E-state index in [0.717, 1.165) is 0 Å². The first-order valence-electron chi connectivity index (χ1n) is 3.13. The fourth-order valence-corrected chi connectivity index (χ4v) is 0.979. The molecule has 0 amide bonds. The summed E-state index contributed by atoms with van der Waals surface area (Å²) in [7, 11) is 0. The highest BCUT2D eigenvalue weighted by Crippen LogP contribution is 2.26. The highest BCUT2D eigenvalue weighted by Gasteiger charge is 2.09. The number of phenols is 1. The topological polar surface area (TPSA) is 37.3 Å². The van der Waals surface area contributed by atoms with Crippen LogP contribution in [-0.2, 0) is 4.79 Å². The van der Waals surface area contributed by atoms with Crippen molar-refractivity contribution in [1.82, 2.24) is 0 Å². The van der Waals surface area contributed by atoms with E-state index in [4.69, 9.17) is 16.7 Å². The van der Waals surface area contributed by atoms with Crippen molar-refractivity contribution in [2.75, 3.05) is 0 Å². The Balaban J connectivity index is 3.02. The smallest absolute Gasteiger partial charge is 0.142 e. The molecule has 1 aromatic carbocycles. The Hall–Kier alpha value is -1.02. The van der Waals surface area contributed by atoms with Crippen molar-refractivity contribution in [2.45, 2.75) is 5.38 Å². The Bertz CT molecular complexity index is 260. The van der Waals surface area contributed by atoms with Gasteiger partial charge in [0.2, 0.25) is 0 Å². The average molecular weight is 171 g/mol. The lowest BCUT2D eigenvalue weighted by atomic mass is 10.1. The van der Waals surface area contributed by atoms with Gasteiger partial charge >= 0.3 is 0 Å². The second-order valence-corrected chi connectivity index (χ2v) is 2.57. The minimum atomic E-state index is -0.754. The summed E-state index contributed by atoms with van der Waals surface area (Å²) in [4.78, 5) is 10.2. The van der Waals surface area contributed by atoms with Crippen LogP contribution in [0.15, 0.2) is 24.3 Å². The molecule has 11 heavy (non-hydrogen) atoms. The number of rotatable bonds is 2. The maximum atomic E-state index is 10.2. The van der Waals surface area contributed by atoms with Crippen LogP contribution in [0.25, 0.3) is 0 Å². The minimum Gasteiger partial charge on any atom is -0.508 e. The molecule has 1 aromatic rings. The lowest BCUT2D eigenvalue weighted by Crippen LogP contribution is -1.90. The molecule has 0 bridgehead atoms. The summed E-state index contributed by atoms with van der Waals surface area (Å²) in [6.07, 6.45) is 0.580. The zero-order chi connectivity index (χ0) is 8.27. The summed E-state index contributed by atoms with van der Waals surface area (Å²) < 4.78 is 0. The summed E-state index contributed by atoms with van der Waals surface area (Å²) >= 11 is 5.57. The molecule has 58 valence electrons. The van der Waals surface area contributed by atoms with Crippen LogP contribution >= 0.6 is 11.6 Å². The van der Waals surface area contributed by atoms with E-state index in [1.165, 1.54) is 6.07 Å². The maximum Gasteiger partial charge on any atom is 0.142 e. The standard InChI is InChI=1S/C8H7ClO2/c9-7(5-10)6-3-1-2-4-8(6)11/h1-5,7,11H/t7-/m1/s1. The number of para-hydroxylation sites is 1. The number of alkyl halides is 1. The van der Waals surface area contributed by atoms with Gasteiger partial charge in [-0.1, -0.05) is 18.2 Å². The highest BCUT2D eigenvalue weighted by atomic mass is 35.5. The van der Waals surface area contributed by atoms with Crippen LogP contribution in [0.1, 0.15) is 10.9 Å². The van der Waals surface area contributed by atoms with E-state index in [0.29, 0.717) is 11.8 Å². The number of carbonyl (C=O) groups excluding carboxylic acids is 1. The number of hydrogen-bond acceptors (Lipinski definition) is 2. The Labute approximate surface area is 69.4 Å². The lowest BCUT2D eigenvalue weighted by molar-refractivity contribution is -0.107. The quantitative estimate of drug-likeness (QED) is 0.544. The monoisotopic (exact) mass is 170 g/mol. The molecule has 0 saturated carbocycles. The zero-order valence-corrected chi connectivity index (χ0v) is 6.45. The zero-order valence-electron chi connectivity index (χ0n) is 5.70. The minimum absolute atomic E-state index is 0.0552. The van der Waals surface area contributed by atoms with Crippen LogP contribution in [0.3, 0.4) is 0 Å². The van der Waals surface area contributed by atoms with Crippen LogP contribution < -0.4 is 0 Å². The SMILES string of the molecule is O=C[C@@H](Cl)c1ccccc1O. The molecule has 0 heterocycles. The van der Waals surface area contributed by atoms with Crippen LogP contribution in [0.5, 0.6) is 5.75 Å². The Morgan fingerprint density at radius 2 is 2.09 bits per heavy atom. The van der Waals surface area contributed by atoms with Gasteiger partial charge in [0.15, 0.2) is 0 Å². The predicted molar refractivity (Wildman–Crippen MR) is 42.8 cm³/mol. The van der Waals surface area contributed by atoms with Gasteiger partial charge in [0, 0.05) is 5.56 Å². The predicted octanol–water partition coefficient (Wildman–Crippen LogP) is 1.87. The molecule has 2 nitrogen and oxygen atoms in total. The van der Waals surface area contributed by atoms with Crippen molar-refractivity contribution in [3.05, 3.63) is 29.8 Å². The van der Waals surface area contributed by atoms with E-state index in [9.17, 15) is 4.79 Å². The van der Waals surface area contributed by atoms with Gasteiger partial charge in [0.05, 0.1) is 0 Å². The highest BCUT2D eigenvalue weighted by molar-refractivity contribution is 6.27. The van der Waals surface area contributed by atoms with Crippen molar-refractivity contribution in [3.8, 4) is 5.75 Å². The van der Waals surface area contributed by atoms with Crippen molar-refractivity contribution in [3.63, 3.8) is 0 Å². The molecule has 0 aliphatic heterocycles. The molecular weight excluding hydrogens is 164 g/mol. The first-order valence-corrected chi connectivity index (χ1v) is 3.56. The van der Waals surface area contributed by atoms with Crippen molar-refractivity contribution >= 4 is 17.9 Å². The number of halogens is 1. The summed E-state index contributed by atoms with van der Waals surface area (Å²) in [5, 5.41) is 8.42. The van der Waals surface area contributed by atoms with E-state index in [2.05, 4.69) is 0 Å². The van der Waals surface area contributed by atoms with Crippen molar-refractivity contribution < 1.29 is 9.90 Å². The summed E-state index contributed by atoms with van der Waals surface area (Å²) in [5.41, 5.74) is 0.448. The van der Waals surface area contributed by atoms with E-state index < -0.39 is 5.38 Å². The molecule has 0 aliphatic rings. The van der Waals surface area contributed by atoms with E-state index in [1.807, 2.05) is 0 Å². The third kappa shape index (κ3) is 1.71. The van der Waals surface area contributed by atoms with E-state index >= 15 is 0 Å². The van der Waals surface area contributed by atoms with Gasteiger partial charge in [-0.3, -0.25) is 0 Å². The first-order chi connectivity index (χ1) is 5.25. The number of aromatic hydroxyl groups is 1. The molecule has 0 fully saturated rings. The van der Waals surface area contributed by atoms with Gasteiger partial charge in [0.1, 0.15) is 17.4 Å². The molecule has 0 aromatic heterocycles. The Morgan fingerprint density at radius 1 is 1.45 bits per heavy atom. The molecule has 3 heteroatoms. The van der Waals surface area contributed by atoms with Crippen LogP contribution in [0.4, 0.5) is 0 Å². The largest absolute Gasteiger partial charge is 0.508 e. The molecule has 1 atom stereocenters. The third-order valence-corrected chi connectivity index (χ3v) is 1.69. The number of aldehydes is 1. The van der Waals surface area contributed by atoms with Gasteiger partial charge in [-0.2, -0.15) is 0 Å². The second kappa shape index (κ2) is 3.39. The molecule has 0 radical (unpaired) electrons. The summed E-state index contributed by atoms with van der Waals surface area (Å²) in [6.45, 7) is 0. The number of carbonyl (C=O) groups is 1. The number of benzene rings is 1. The maximum absolute atomic E-state index is 10.2. The van der Waals surface area contributed by atoms with Gasteiger partial charge in [-0.15, -0.1) is 11.6 Å². The van der Waals surface area contributed by atoms with E-state index in [1.54, 1.807) is 18.2 Å². The van der Waals surface area contributed by atoms with Crippen molar-refractivity contribution in [1.29, 1.82) is 0 Å². The molecular formula is C8H7ClO2. The lowest BCUT2D eigenvalue weighted by Gasteiger charge is -2.03. The fraction of sp³-hybridized carbons (Fsp3) is 0.125. The molecule has 0 unspecified atom stereocenters. The number of hydrogen-bond donors (Lipinski definition) is 1. The van der Waals surface area contributed by atoms with Gasteiger partial charge in [-0.25, -0.2) is 0 Å². The molecule has 0 aliphatic carbocycles. The average Bonchev–Trinajstić information content (AvgIpc) is 2.04. The van der Waals surface area contributed by atoms with Gasteiger partial charge in [0.25, 0.3) is 0 Å². The van der Waals surface area contributed by atoms with Crippen LogP contribution in [0.2, 0.25) is 0 Å². The molecule has 1 rings (SSSR count). The van der Waals surface area contributed by atoms with Crippen molar-refractivity contribution in [2.24, 2.45) is 0 Å². The number of phenolic OH excluding ortho intramolecular Hbond substituents is 1. The normalized spacial score (nSPS) is 12.5. The molecule has 0 spiro atoms. The third-order valence-electron chi connectivity index (χ3n) is 1.35. The van der Waals surface area contributed by atoms with E-state index in [-0.39, 0.29) is 5.75 Å². The van der Waals surface area contributed by atoms with Gasteiger partial charge in [-0.05, 0) is 6.07 Å².